The second-order valence-electron chi connectivity index (χ2n) is 4.74. The highest BCUT2D eigenvalue weighted by atomic mass is 32.1. The Hall–Kier alpha value is -1.13. The fraction of sp³-hybridized carbons (Fsp3) is 0.500. The van der Waals surface area contributed by atoms with Crippen LogP contribution in [-0.4, -0.2) is 22.1 Å². The Kier molecular flexibility index (Phi) is 4.55. The average molecular weight is 263 g/mol. The standard InChI is InChI=1S/C14H21N3S/c1-11(10-14-5-4-12(2)18-14)15-6-8-17-9-7-16-13(17)3/h4-5,7,9,11,15H,6,8,10H2,1-3H3. The molecule has 1 unspecified atom stereocenters. The van der Waals surface area contributed by atoms with Crippen LogP contribution in [0.4, 0.5) is 0 Å². The Morgan fingerprint density at radius 2 is 2.22 bits per heavy atom. The summed E-state index contributed by atoms with van der Waals surface area (Å²) in [6.07, 6.45) is 5.00. The lowest BCUT2D eigenvalue weighted by molar-refractivity contribution is 0.511. The number of thiophene rings is 1. The summed E-state index contributed by atoms with van der Waals surface area (Å²) in [5.41, 5.74) is 0. The molecule has 0 saturated carbocycles. The van der Waals surface area contributed by atoms with E-state index in [0.29, 0.717) is 6.04 Å². The Bertz CT molecular complexity index is 487. The molecule has 0 aliphatic heterocycles. The summed E-state index contributed by atoms with van der Waals surface area (Å²) in [4.78, 5) is 7.08. The molecule has 2 aromatic heterocycles. The largest absolute Gasteiger partial charge is 0.334 e. The zero-order valence-corrected chi connectivity index (χ0v) is 12.1. The molecule has 2 rings (SSSR count). The number of rotatable bonds is 6. The average Bonchev–Trinajstić information content (AvgIpc) is 2.89. The van der Waals surface area contributed by atoms with Crippen molar-refractivity contribution >= 4 is 11.3 Å². The maximum atomic E-state index is 4.22. The molecule has 0 bridgehead atoms. The zero-order chi connectivity index (χ0) is 13.0. The van der Waals surface area contributed by atoms with E-state index in [-0.39, 0.29) is 0 Å². The minimum absolute atomic E-state index is 0.520. The Labute approximate surface area is 113 Å². The highest BCUT2D eigenvalue weighted by Crippen LogP contribution is 2.16. The fourth-order valence-corrected chi connectivity index (χ4v) is 3.06. The summed E-state index contributed by atoms with van der Waals surface area (Å²) >= 11 is 1.89. The van der Waals surface area contributed by atoms with Crippen molar-refractivity contribution in [3.05, 3.63) is 40.1 Å². The summed E-state index contributed by atoms with van der Waals surface area (Å²) in [6.45, 7) is 8.42. The lowest BCUT2D eigenvalue weighted by atomic mass is 10.2. The first kappa shape index (κ1) is 13.3. The van der Waals surface area contributed by atoms with Crippen molar-refractivity contribution in [1.29, 1.82) is 0 Å². The van der Waals surface area contributed by atoms with Crippen LogP contribution in [0.1, 0.15) is 22.5 Å². The molecule has 18 heavy (non-hydrogen) atoms. The van der Waals surface area contributed by atoms with Crippen LogP contribution in [-0.2, 0) is 13.0 Å². The summed E-state index contributed by atoms with van der Waals surface area (Å²) in [6, 6.07) is 4.95. The molecule has 1 N–H and O–H groups in total. The van der Waals surface area contributed by atoms with Crippen molar-refractivity contribution in [2.24, 2.45) is 0 Å². The van der Waals surface area contributed by atoms with Crippen LogP contribution in [0.15, 0.2) is 24.5 Å². The Morgan fingerprint density at radius 1 is 1.39 bits per heavy atom. The van der Waals surface area contributed by atoms with Gasteiger partial charge in [-0.25, -0.2) is 4.98 Å². The number of hydrogen-bond acceptors (Lipinski definition) is 3. The number of aromatic nitrogens is 2. The third-order valence-corrected chi connectivity index (χ3v) is 4.10. The van der Waals surface area contributed by atoms with Crippen molar-refractivity contribution in [2.75, 3.05) is 6.54 Å². The minimum Gasteiger partial charge on any atom is -0.334 e. The molecule has 0 aliphatic rings. The van der Waals surface area contributed by atoms with E-state index in [0.717, 1.165) is 25.3 Å². The predicted octanol–water partition coefficient (Wildman–Crippen LogP) is 2.78. The Balaban J connectivity index is 1.72. The highest BCUT2D eigenvalue weighted by molar-refractivity contribution is 7.11. The Morgan fingerprint density at radius 3 is 2.83 bits per heavy atom. The quantitative estimate of drug-likeness (QED) is 0.868. The van der Waals surface area contributed by atoms with Gasteiger partial charge in [-0.1, -0.05) is 0 Å². The maximum absolute atomic E-state index is 4.22. The van der Waals surface area contributed by atoms with Crippen molar-refractivity contribution in [3.63, 3.8) is 0 Å². The topological polar surface area (TPSA) is 29.9 Å². The first-order valence-corrected chi connectivity index (χ1v) is 7.23. The molecule has 3 nitrogen and oxygen atoms in total. The number of aryl methyl sites for hydroxylation is 2. The van der Waals surface area contributed by atoms with E-state index in [1.54, 1.807) is 0 Å². The van der Waals surface area contributed by atoms with Crippen LogP contribution in [0.5, 0.6) is 0 Å². The van der Waals surface area contributed by atoms with Gasteiger partial charge in [0, 0.05) is 41.3 Å². The number of nitrogens with zero attached hydrogens (tertiary/aromatic N) is 2. The lowest BCUT2D eigenvalue weighted by Crippen LogP contribution is -2.30. The SMILES string of the molecule is Cc1ccc(CC(C)NCCn2ccnc2C)s1. The van der Waals surface area contributed by atoms with Crippen molar-refractivity contribution in [3.8, 4) is 0 Å². The van der Waals surface area contributed by atoms with E-state index in [1.807, 2.05) is 30.7 Å². The zero-order valence-electron chi connectivity index (χ0n) is 11.3. The molecular formula is C14H21N3S. The van der Waals surface area contributed by atoms with Gasteiger partial charge in [0.1, 0.15) is 5.82 Å². The summed E-state index contributed by atoms with van der Waals surface area (Å²) in [5.74, 6) is 1.08. The van der Waals surface area contributed by atoms with Crippen LogP contribution in [0, 0.1) is 13.8 Å². The van der Waals surface area contributed by atoms with Gasteiger partial charge in [0.2, 0.25) is 0 Å². The van der Waals surface area contributed by atoms with Gasteiger partial charge in [-0.15, -0.1) is 11.3 Å². The minimum atomic E-state index is 0.520. The van der Waals surface area contributed by atoms with E-state index < -0.39 is 0 Å². The van der Waals surface area contributed by atoms with Gasteiger partial charge in [-0.05, 0) is 39.3 Å². The molecule has 0 amide bonds. The molecule has 2 heterocycles. The molecule has 0 radical (unpaired) electrons. The van der Waals surface area contributed by atoms with E-state index >= 15 is 0 Å². The first-order chi connectivity index (χ1) is 8.65. The molecule has 0 saturated heterocycles. The van der Waals surface area contributed by atoms with Gasteiger partial charge < -0.3 is 9.88 Å². The van der Waals surface area contributed by atoms with Crippen LogP contribution >= 0.6 is 11.3 Å². The first-order valence-electron chi connectivity index (χ1n) is 6.41. The third kappa shape index (κ3) is 3.68. The molecule has 0 aliphatic carbocycles. The number of imidazole rings is 1. The van der Waals surface area contributed by atoms with E-state index in [1.165, 1.54) is 9.75 Å². The van der Waals surface area contributed by atoms with Gasteiger partial charge in [-0.2, -0.15) is 0 Å². The van der Waals surface area contributed by atoms with Crippen molar-refractivity contribution in [1.82, 2.24) is 14.9 Å². The van der Waals surface area contributed by atoms with Crippen molar-refractivity contribution in [2.45, 2.75) is 39.8 Å². The second kappa shape index (κ2) is 6.16. The normalized spacial score (nSPS) is 12.8. The fourth-order valence-electron chi connectivity index (χ4n) is 2.04. The van der Waals surface area contributed by atoms with Gasteiger partial charge >= 0.3 is 0 Å². The van der Waals surface area contributed by atoms with Crippen LogP contribution in [0.25, 0.3) is 0 Å². The monoisotopic (exact) mass is 263 g/mol. The molecule has 4 heteroatoms. The second-order valence-corrected chi connectivity index (χ2v) is 6.11. The number of nitrogens with one attached hydrogen (secondary N) is 1. The molecule has 98 valence electrons. The van der Waals surface area contributed by atoms with E-state index in [4.69, 9.17) is 0 Å². The van der Waals surface area contributed by atoms with Crippen molar-refractivity contribution < 1.29 is 0 Å². The van der Waals surface area contributed by atoms with Crippen LogP contribution in [0.2, 0.25) is 0 Å². The molecule has 1 atom stereocenters. The molecule has 0 fully saturated rings. The third-order valence-electron chi connectivity index (χ3n) is 3.07. The maximum Gasteiger partial charge on any atom is 0.105 e. The van der Waals surface area contributed by atoms with Gasteiger partial charge in [-0.3, -0.25) is 0 Å². The van der Waals surface area contributed by atoms with Crippen LogP contribution < -0.4 is 5.32 Å². The smallest absolute Gasteiger partial charge is 0.105 e. The number of hydrogen-bond donors (Lipinski definition) is 1. The summed E-state index contributed by atoms with van der Waals surface area (Å²) < 4.78 is 2.18. The van der Waals surface area contributed by atoms with E-state index in [9.17, 15) is 0 Å². The van der Waals surface area contributed by atoms with E-state index in [2.05, 4.69) is 40.8 Å². The van der Waals surface area contributed by atoms with Gasteiger partial charge in [0.05, 0.1) is 0 Å². The van der Waals surface area contributed by atoms with Gasteiger partial charge in [0.15, 0.2) is 0 Å². The lowest BCUT2D eigenvalue weighted by Gasteiger charge is -2.13. The molecular weight excluding hydrogens is 242 g/mol. The summed E-state index contributed by atoms with van der Waals surface area (Å²) in [7, 11) is 0. The summed E-state index contributed by atoms with van der Waals surface area (Å²) in [5, 5.41) is 3.56. The van der Waals surface area contributed by atoms with Crippen LogP contribution in [0.3, 0.4) is 0 Å². The molecule has 0 aromatic carbocycles. The molecule has 2 aromatic rings. The van der Waals surface area contributed by atoms with Gasteiger partial charge in [0.25, 0.3) is 0 Å². The highest BCUT2D eigenvalue weighted by Gasteiger charge is 2.05. The molecule has 0 spiro atoms. The predicted molar refractivity (Wildman–Crippen MR) is 77.2 cm³/mol.